The Morgan fingerprint density at radius 1 is 0.714 bits per heavy atom. The van der Waals surface area contributed by atoms with Crippen LogP contribution in [0, 0.1) is 0 Å². The van der Waals surface area contributed by atoms with Crippen LogP contribution < -0.4 is 0 Å². The molecule has 194 valence electrons. The van der Waals surface area contributed by atoms with Crippen LogP contribution in [-0.4, -0.2) is 34.0 Å². The molecule has 0 bridgehead atoms. The maximum Gasteiger partial charge on any atom is 0.303 e. The molecule has 2 rings (SSSR count). The van der Waals surface area contributed by atoms with E-state index in [4.69, 9.17) is 0 Å². The quantitative estimate of drug-likeness (QED) is 0.199. The van der Waals surface area contributed by atoms with Gasteiger partial charge in [-0.2, -0.15) is 0 Å². The summed E-state index contributed by atoms with van der Waals surface area (Å²) >= 11 is 0. The van der Waals surface area contributed by atoms with Gasteiger partial charge in [0.2, 0.25) is 0 Å². The van der Waals surface area contributed by atoms with E-state index in [1.165, 1.54) is 11.1 Å². The van der Waals surface area contributed by atoms with Crippen molar-refractivity contribution >= 4 is 5.97 Å². The Balaban J connectivity index is 1.75. The Hall–Kier alpha value is -2.17. The van der Waals surface area contributed by atoms with Gasteiger partial charge in [0.25, 0.3) is 0 Å². The van der Waals surface area contributed by atoms with Gasteiger partial charge in [-0.15, -0.1) is 0 Å². The van der Waals surface area contributed by atoms with Gasteiger partial charge in [-0.1, -0.05) is 100 Å². The molecule has 0 spiro atoms. The van der Waals surface area contributed by atoms with Crippen molar-refractivity contribution in [3.8, 4) is 0 Å². The highest BCUT2D eigenvalue weighted by atomic mass is 16.4. The van der Waals surface area contributed by atoms with Crippen molar-refractivity contribution in [1.82, 2.24) is 0 Å². The Bertz CT molecular complexity index is 838. The molecule has 35 heavy (non-hydrogen) atoms. The second-order valence-corrected chi connectivity index (χ2v) is 10.7. The van der Waals surface area contributed by atoms with Gasteiger partial charge >= 0.3 is 5.97 Å². The van der Waals surface area contributed by atoms with E-state index >= 15 is 0 Å². The molecule has 2 aromatic carbocycles. The fraction of sp³-hybridized carbons (Fsp3) is 0.581. The van der Waals surface area contributed by atoms with E-state index in [2.05, 4.69) is 50.2 Å². The van der Waals surface area contributed by atoms with Crippen LogP contribution in [0.5, 0.6) is 0 Å². The average molecular weight is 483 g/mol. The standard InChI is InChI=1S/C31H46O4/c1-30(23-13-25-32,26-14-5-3-6-15-26)21-11-9-18-28(33)19-10-12-22-31(2,24-20-29(34)35)27-16-7-4-8-17-27/h3-8,14-17,28,32-33H,9-13,18-25H2,1-2H3,(H,34,35). The Morgan fingerprint density at radius 3 is 1.57 bits per heavy atom. The van der Waals surface area contributed by atoms with E-state index in [1.807, 2.05) is 24.3 Å². The monoisotopic (exact) mass is 482 g/mol. The lowest BCUT2D eigenvalue weighted by atomic mass is 9.74. The van der Waals surface area contributed by atoms with E-state index in [0.29, 0.717) is 6.42 Å². The molecule has 4 heteroatoms. The zero-order valence-electron chi connectivity index (χ0n) is 21.8. The highest BCUT2D eigenvalue weighted by Gasteiger charge is 2.27. The van der Waals surface area contributed by atoms with Crippen LogP contribution in [-0.2, 0) is 15.6 Å². The summed E-state index contributed by atoms with van der Waals surface area (Å²) in [5.74, 6) is -0.748. The van der Waals surface area contributed by atoms with Gasteiger partial charge < -0.3 is 15.3 Å². The van der Waals surface area contributed by atoms with E-state index in [0.717, 1.165) is 64.2 Å². The van der Waals surface area contributed by atoms with Gasteiger partial charge in [-0.3, -0.25) is 4.79 Å². The topological polar surface area (TPSA) is 77.8 Å². The molecule has 0 heterocycles. The second kappa shape index (κ2) is 15.1. The predicted molar refractivity (Wildman–Crippen MR) is 144 cm³/mol. The SMILES string of the molecule is CC(CCCO)(CCCCC(O)CCCCC(C)(CCC(=O)O)c1ccccc1)c1ccccc1. The van der Waals surface area contributed by atoms with E-state index in [-0.39, 0.29) is 30.0 Å². The maximum atomic E-state index is 11.2. The smallest absolute Gasteiger partial charge is 0.303 e. The maximum absolute atomic E-state index is 11.2. The third kappa shape index (κ3) is 10.1. The molecule has 0 saturated carbocycles. The summed E-state index contributed by atoms with van der Waals surface area (Å²) in [6, 6.07) is 20.8. The number of aliphatic hydroxyl groups is 2. The zero-order valence-corrected chi connectivity index (χ0v) is 21.8. The fourth-order valence-electron chi connectivity index (χ4n) is 5.30. The van der Waals surface area contributed by atoms with Crippen LogP contribution in [0.3, 0.4) is 0 Å². The lowest BCUT2D eigenvalue weighted by Gasteiger charge is -2.31. The van der Waals surface area contributed by atoms with Gasteiger partial charge in [-0.25, -0.2) is 0 Å². The molecule has 0 radical (unpaired) electrons. The summed E-state index contributed by atoms with van der Waals surface area (Å²) in [7, 11) is 0. The number of aliphatic carboxylic acids is 1. The molecular formula is C31H46O4. The summed E-state index contributed by atoms with van der Waals surface area (Å²) in [6.07, 6.45) is 9.91. The fourth-order valence-corrected chi connectivity index (χ4v) is 5.30. The molecule has 0 aromatic heterocycles. The Morgan fingerprint density at radius 2 is 1.14 bits per heavy atom. The second-order valence-electron chi connectivity index (χ2n) is 10.7. The first-order valence-corrected chi connectivity index (χ1v) is 13.4. The van der Waals surface area contributed by atoms with Gasteiger partial charge in [0.05, 0.1) is 6.10 Å². The van der Waals surface area contributed by atoms with Crippen molar-refractivity contribution in [2.75, 3.05) is 6.61 Å². The lowest BCUT2D eigenvalue weighted by molar-refractivity contribution is -0.137. The van der Waals surface area contributed by atoms with Gasteiger partial charge in [-0.05, 0) is 66.9 Å². The van der Waals surface area contributed by atoms with Gasteiger partial charge in [0.1, 0.15) is 0 Å². The number of carbonyl (C=O) groups is 1. The average Bonchev–Trinajstić information content (AvgIpc) is 2.88. The molecule has 4 nitrogen and oxygen atoms in total. The Kier molecular flexibility index (Phi) is 12.5. The van der Waals surface area contributed by atoms with Crippen molar-refractivity contribution in [2.24, 2.45) is 0 Å². The minimum absolute atomic E-state index is 0.0623. The molecule has 0 aliphatic rings. The first-order valence-electron chi connectivity index (χ1n) is 13.4. The van der Waals surface area contributed by atoms with Crippen molar-refractivity contribution in [3.63, 3.8) is 0 Å². The van der Waals surface area contributed by atoms with E-state index in [1.54, 1.807) is 0 Å². The minimum Gasteiger partial charge on any atom is -0.481 e. The predicted octanol–water partition coefficient (Wildman–Crippen LogP) is 7.02. The van der Waals surface area contributed by atoms with Crippen LogP contribution in [0.15, 0.2) is 60.7 Å². The first kappa shape index (κ1) is 29.1. The van der Waals surface area contributed by atoms with Crippen LogP contribution in [0.4, 0.5) is 0 Å². The summed E-state index contributed by atoms with van der Waals surface area (Å²) < 4.78 is 0. The summed E-state index contributed by atoms with van der Waals surface area (Å²) in [5.41, 5.74) is 2.44. The third-order valence-electron chi connectivity index (χ3n) is 7.75. The van der Waals surface area contributed by atoms with Gasteiger partial charge in [0, 0.05) is 13.0 Å². The highest BCUT2D eigenvalue weighted by molar-refractivity contribution is 5.66. The van der Waals surface area contributed by atoms with Crippen molar-refractivity contribution in [1.29, 1.82) is 0 Å². The van der Waals surface area contributed by atoms with Crippen molar-refractivity contribution < 1.29 is 20.1 Å². The summed E-state index contributed by atoms with van der Waals surface area (Å²) in [4.78, 5) is 11.2. The third-order valence-corrected chi connectivity index (χ3v) is 7.75. The number of hydrogen-bond donors (Lipinski definition) is 3. The number of carboxylic acids is 1. The lowest BCUT2D eigenvalue weighted by Crippen LogP contribution is -2.23. The van der Waals surface area contributed by atoms with Crippen LogP contribution >= 0.6 is 0 Å². The molecule has 0 aliphatic heterocycles. The van der Waals surface area contributed by atoms with E-state index in [9.17, 15) is 20.1 Å². The molecule has 3 atom stereocenters. The summed E-state index contributed by atoms with van der Waals surface area (Å²) in [5, 5.41) is 29.1. The van der Waals surface area contributed by atoms with Crippen molar-refractivity contribution in [2.45, 2.75) is 108 Å². The van der Waals surface area contributed by atoms with E-state index < -0.39 is 5.97 Å². The number of hydrogen-bond acceptors (Lipinski definition) is 3. The zero-order chi connectivity index (χ0) is 25.6. The molecule has 0 fully saturated rings. The molecule has 3 unspecified atom stereocenters. The minimum atomic E-state index is -0.748. The van der Waals surface area contributed by atoms with Crippen LogP contribution in [0.2, 0.25) is 0 Å². The number of aliphatic hydroxyl groups excluding tert-OH is 2. The number of benzene rings is 2. The molecule has 3 N–H and O–H groups in total. The van der Waals surface area contributed by atoms with Crippen LogP contribution in [0.1, 0.15) is 102 Å². The molecule has 0 saturated heterocycles. The summed E-state index contributed by atoms with van der Waals surface area (Å²) in [6.45, 7) is 4.69. The largest absolute Gasteiger partial charge is 0.481 e. The van der Waals surface area contributed by atoms with Gasteiger partial charge in [0.15, 0.2) is 0 Å². The molecule has 2 aromatic rings. The number of carboxylic acid groups (broad SMARTS) is 1. The normalized spacial score (nSPS) is 15.8. The Labute approximate surface area is 212 Å². The van der Waals surface area contributed by atoms with Crippen molar-refractivity contribution in [3.05, 3.63) is 71.8 Å². The molecule has 0 amide bonds. The van der Waals surface area contributed by atoms with Crippen LogP contribution in [0.25, 0.3) is 0 Å². The molecular weight excluding hydrogens is 436 g/mol. The number of rotatable bonds is 18. The highest BCUT2D eigenvalue weighted by Crippen LogP contribution is 2.36. The molecule has 0 aliphatic carbocycles. The number of unbranched alkanes of at least 4 members (excludes halogenated alkanes) is 2. The first-order chi connectivity index (χ1) is 16.8.